The molecule has 148 valence electrons. The van der Waals surface area contributed by atoms with Crippen LogP contribution < -0.4 is 16.0 Å². The second kappa shape index (κ2) is 9.07. The zero-order valence-corrected chi connectivity index (χ0v) is 17.4. The lowest BCUT2D eigenvalue weighted by Gasteiger charge is -2.10. The van der Waals surface area contributed by atoms with E-state index in [-0.39, 0.29) is 11.7 Å². The Morgan fingerprint density at radius 1 is 1.18 bits per heavy atom. The molecule has 3 rings (SSSR count). The van der Waals surface area contributed by atoms with Crippen molar-refractivity contribution in [3.8, 4) is 0 Å². The van der Waals surface area contributed by atoms with Crippen LogP contribution in [0.5, 0.6) is 0 Å². The molecule has 0 bridgehead atoms. The number of hydrogen-bond acceptors (Lipinski definition) is 8. The number of rotatable bonds is 8. The van der Waals surface area contributed by atoms with Crippen molar-refractivity contribution in [2.75, 3.05) is 34.8 Å². The number of aromatic nitrogens is 5. The van der Waals surface area contributed by atoms with Gasteiger partial charge in [0.25, 0.3) is 5.78 Å². The topological polar surface area (TPSA) is 109 Å². The molecule has 3 aromatic rings. The summed E-state index contributed by atoms with van der Waals surface area (Å²) >= 11 is 7.26. The van der Waals surface area contributed by atoms with Crippen molar-refractivity contribution in [2.45, 2.75) is 25.9 Å². The normalized spacial score (nSPS) is 10.9. The average Bonchev–Trinajstić information content (AvgIpc) is 3.07. The fourth-order valence-corrected chi connectivity index (χ4v) is 3.34. The van der Waals surface area contributed by atoms with E-state index in [0.29, 0.717) is 46.6 Å². The van der Waals surface area contributed by atoms with Crippen LogP contribution >= 0.6 is 23.4 Å². The van der Waals surface area contributed by atoms with Gasteiger partial charge in [-0.1, -0.05) is 29.4 Å². The summed E-state index contributed by atoms with van der Waals surface area (Å²) in [6, 6.07) is 5.37. The molecule has 0 aliphatic heterocycles. The number of halogens is 1. The Morgan fingerprint density at radius 3 is 2.71 bits per heavy atom. The lowest BCUT2D eigenvalue weighted by Crippen LogP contribution is -2.15. The van der Waals surface area contributed by atoms with Crippen LogP contribution in [0, 0.1) is 6.92 Å². The monoisotopic (exact) mass is 420 g/mol. The molecule has 0 atom stereocenters. The largest absolute Gasteiger partial charge is 0.355 e. The molecule has 0 spiro atoms. The quantitative estimate of drug-likeness (QED) is 0.477. The molecule has 0 aliphatic rings. The molecule has 2 heterocycles. The van der Waals surface area contributed by atoms with E-state index >= 15 is 0 Å². The molecule has 3 N–H and O–H groups in total. The molecule has 28 heavy (non-hydrogen) atoms. The number of hydrogen-bond donors (Lipinski definition) is 3. The predicted molar refractivity (Wildman–Crippen MR) is 112 cm³/mol. The standard InChI is InChI=1S/C17H21ClN8OS/c1-4-19-14-22-15(20-5-2)26-16(23-14)24-25-17(26)28-9-13(27)21-12-8-11(18)7-6-10(12)3/h6-8H,4-5,9H2,1-3H3,(H,21,27)(H2,19,20,22,23,24). The van der Waals surface area contributed by atoms with Crippen molar-refractivity contribution in [3.63, 3.8) is 0 Å². The highest BCUT2D eigenvalue weighted by Gasteiger charge is 2.16. The van der Waals surface area contributed by atoms with Gasteiger partial charge >= 0.3 is 0 Å². The third kappa shape index (κ3) is 4.63. The number of carbonyl (C=O) groups excluding carboxylic acids is 1. The van der Waals surface area contributed by atoms with Crippen LogP contribution in [0.2, 0.25) is 5.02 Å². The first-order chi connectivity index (χ1) is 13.5. The van der Waals surface area contributed by atoms with Gasteiger partial charge in [0, 0.05) is 23.8 Å². The third-order valence-electron chi connectivity index (χ3n) is 3.72. The zero-order chi connectivity index (χ0) is 20.1. The predicted octanol–water partition coefficient (Wildman–Crippen LogP) is 3.08. The van der Waals surface area contributed by atoms with Crippen LogP contribution in [-0.4, -0.2) is 49.3 Å². The van der Waals surface area contributed by atoms with Crippen LogP contribution in [0.15, 0.2) is 23.4 Å². The van der Waals surface area contributed by atoms with E-state index in [9.17, 15) is 4.79 Å². The minimum absolute atomic E-state index is 0.160. The van der Waals surface area contributed by atoms with E-state index in [0.717, 1.165) is 5.56 Å². The van der Waals surface area contributed by atoms with Crippen LogP contribution in [-0.2, 0) is 4.79 Å². The van der Waals surface area contributed by atoms with Gasteiger partial charge in [-0.05, 0) is 38.5 Å². The van der Waals surface area contributed by atoms with Gasteiger partial charge in [-0.25, -0.2) is 4.40 Å². The zero-order valence-electron chi connectivity index (χ0n) is 15.8. The number of nitrogens with one attached hydrogen (secondary N) is 3. The van der Waals surface area contributed by atoms with Gasteiger partial charge < -0.3 is 16.0 Å². The number of aryl methyl sites for hydroxylation is 1. The number of carbonyl (C=O) groups is 1. The number of benzene rings is 1. The van der Waals surface area contributed by atoms with Crippen LogP contribution in [0.3, 0.4) is 0 Å². The van der Waals surface area contributed by atoms with Crippen molar-refractivity contribution in [1.82, 2.24) is 24.6 Å². The van der Waals surface area contributed by atoms with E-state index in [1.165, 1.54) is 11.8 Å². The molecule has 0 fully saturated rings. The summed E-state index contributed by atoms with van der Waals surface area (Å²) in [5, 5.41) is 18.5. The number of fused-ring (bicyclic) bond motifs is 1. The summed E-state index contributed by atoms with van der Waals surface area (Å²) in [4.78, 5) is 21.2. The van der Waals surface area contributed by atoms with Gasteiger partial charge in [-0.2, -0.15) is 9.97 Å². The number of thioether (sulfide) groups is 1. The van der Waals surface area contributed by atoms with Crippen molar-refractivity contribution in [2.24, 2.45) is 0 Å². The van der Waals surface area contributed by atoms with Gasteiger partial charge in [-0.3, -0.25) is 4.79 Å². The SMILES string of the molecule is CCNc1nc(NCC)n2c(SCC(=O)Nc3cc(Cl)ccc3C)nnc2n1. The van der Waals surface area contributed by atoms with Crippen LogP contribution in [0.1, 0.15) is 19.4 Å². The maximum Gasteiger partial charge on any atom is 0.261 e. The Morgan fingerprint density at radius 2 is 1.96 bits per heavy atom. The number of nitrogens with zero attached hydrogens (tertiary/aromatic N) is 5. The summed E-state index contributed by atoms with van der Waals surface area (Å²) in [6.07, 6.45) is 0. The molecular formula is C17H21ClN8OS. The first-order valence-corrected chi connectivity index (χ1v) is 10.2. The smallest absolute Gasteiger partial charge is 0.261 e. The Hall–Kier alpha value is -2.59. The van der Waals surface area contributed by atoms with Gasteiger partial charge in [-0.15, -0.1) is 10.2 Å². The second-order valence-electron chi connectivity index (χ2n) is 5.85. The summed E-state index contributed by atoms with van der Waals surface area (Å²) in [5.74, 6) is 1.46. The van der Waals surface area contributed by atoms with Gasteiger partial charge in [0.1, 0.15) is 0 Å². The van der Waals surface area contributed by atoms with Gasteiger partial charge in [0.15, 0.2) is 5.16 Å². The molecule has 0 saturated heterocycles. The molecule has 0 saturated carbocycles. The number of amides is 1. The summed E-state index contributed by atoms with van der Waals surface area (Å²) in [6.45, 7) is 7.22. The lowest BCUT2D eigenvalue weighted by molar-refractivity contribution is -0.113. The van der Waals surface area contributed by atoms with Gasteiger partial charge in [0.2, 0.25) is 17.8 Å². The fourth-order valence-electron chi connectivity index (χ4n) is 2.44. The Kier molecular flexibility index (Phi) is 6.53. The van der Waals surface area contributed by atoms with Crippen LogP contribution in [0.25, 0.3) is 5.78 Å². The molecule has 1 aromatic carbocycles. The highest BCUT2D eigenvalue weighted by atomic mass is 35.5. The summed E-state index contributed by atoms with van der Waals surface area (Å²) < 4.78 is 1.70. The fraction of sp³-hybridized carbons (Fsp3) is 0.353. The lowest BCUT2D eigenvalue weighted by atomic mass is 10.2. The molecule has 0 unspecified atom stereocenters. The van der Waals surface area contributed by atoms with Crippen molar-refractivity contribution >= 4 is 52.6 Å². The Bertz CT molecular complexity index is 993. The van der Waals surface area contributed by atoms with E-state index in [2.05, 4.69) is 36.1 Å². The molecule has 1 amide bonds. The number of anilines is 3. The molecular weight excluding hydrogens is 400 g/mol. The molecule has 0 radical (unpaired) electrons. The van der Waals surface area contributed by atoms with E-state index in [1.54, 1.807) is 16.5 Å². The molecule has 11 heteroatoms. The average molecular weight is 421 g/mol. The highest BCUT2D eigenvalue weighted by molar-refractivity contribution is 7.99. The maximum atomic E-state index is 12.4. The molecule has 2 aromatic heterocycles. The van der Waals surface area contributed by atoms with Crippen molar-refractivity contribution in [1.29, 1.82) is 0 Å². The summed E-state index contributed by atoms with van der Waals surface area (Å²) in [5.41, 5.74) is 1.63. The molecule has 0 aliphatic carbocycles. The second-order valence-corrected chi connectivity index (χ2v) is 7.22. The van der Waals surface area contributed by atoms with E-state index < -0.39 is 0 Å². The summed E-state index contributed by atoms with van der Waals surface area (Å²) in [7, 11) is 0. The van der Waals surface area contributed by atoms with Gasteiger partial charge in [0.05, 0.1) is 5.75 Å². The Balaban J connectivity index is 1.76. The first kappa shape index (κ1) is 20.2. The molecule has 9 nitrogen and oxygen atoms in total. The highest BCUT2D eigenvalue weighted by Crippen LogP contribution is 2.23. The third-order valence-corrected chi connectivity index (χ3v) is 4.89. The maximum absolute atomic E-state index is 12.4. The Labute approximate surface area is 171 Å². The van der Waals surface area contributed by atoms with Crippen LogP contribution in [0.4, 0.5) is 17.6 Å². The van der Waals surface area contributed by atoms with E-state index in [4.69, 9.17) is 11.6 Å². The minimum atomic E-state index is -0.165. The van der Waals surface area contributed by atoms with Crippen molar-refractivity contribution in [3.05, 3.63) is 28.8 Å². The van der Waals surface area contributed by atoms with E-state index in [1.807, 2.05) is 26.8 Å². The first-order valence-electron chi connectivity index (χ1n) is 8.81. The minimum Gasteiger partial charge on any atom is -0.355 e. The van der Waals surface area contributed by atoms with Crippen molar-refractivity contribution < 1.29 is 4.79 Å².